The summed E-state index contributed by atoms with van der Waals surface area (Å²) >= 11 is 0. The highest BCUT2D eigenvalue weighted by Crippen LogP contribution is 2.19. The Bertz CT molecular complexity index is 510. The molecule has 1 heterocycles. The molecule has 0 saturated carbocycles. The summed E-state index contributed by atoms with van der Waals surface area (Å²) in [5, 5.41) is 12.7. The third-order valence-electron chi connectivity index (χ3n) is 2.93. The van der Waals surface area contributed by atoms with E-state index in [0.29, 0.717) is 0 Å². The van der Waals surface area contributed by atoms with Crippen molar-refractivity contribution in [2.45, 2.75) is 25.9 Å². The first-order valence-corrected chi connectivity index (χ1v) is 6.37. The Balaban J connectivity index is 2.15. The van der Waals surface area contributed by atoms with Gasteiger partial charge in [0.15, 0.2) is 0 Å². The summed E-state index contributed by atoms with van der Waals surface area (Å²) in [6, 6.07) is 5.83. The van der Waals surface area contributed by atoms with E-state index < -0.39 is 0 Å². The van der Waals surface area contributed by atoms with Crippen molar-refractivity contribution in [2.24, 2.45) is 0 Å². The van der Waals surface area contributed by atoms with Gasteiger partial charge in [-0.25, -0.2) is 9.37 Å². The van der Waals surface area contributed by atoms with Crippen LogP contribution in [-0.2, 0) is 6.54 Å². The summed E-state index contributed by atoms with van der Waals surface area (Å²) in [5.41, 5.74) is 1.69. The highest BCUT2D eigenvalue weighted by atomic mass is 19.1. The molecule has 19 heavy (non-hydrogen) atoms. The number of benzene rings is 1. The molecular weight excluding hydrogens is 245 g/mol. The van der Waals surface area contributed by atoms with Crippen LogP contribution in [0.3, 0.4) is 0 Å². The van der Waals surface area contributed by atoms with E-state index in [1.54, 1.807) is 24.7 Å². The summed E-state index contributed by atoms with van der Waals surface area (Å²) in [6.45, 7) is 2.90. The monoisotopic (exact) mass is 263 g/mol. The van der Waals surface area contributed by atoms with Gasteiger partial charge in [-0.3, -0.25) is 0 Å². The SMILES string of the molecule is CCCn1cncc1C(CO)Nc1ccc(F)cc1. The molecular formula is C14H18FN3O. The summed E-state index contributed by atoms with van der Waals surface area (Å²) in [7, 11) is 0. The second kappa shape index (κ2) is 6.33. The minimum Gasteiger partial charge on any atom is -0.394 e. The molecule has 0 aliphatic heterocycles. The molecule has 0 aliphatic rings. The van der Waals surface area contributed by atoms with Gasteiger partial charge in [0, 0.05) is 12.2 Å². The fourth-order valence-electron chi connectivity index (χ4n) is 2.01. The van der Waals surface area contributed by atoms with E-state index in [2.05, 4.69) is 17.2 Å². The molecule has 4 nitrogen and oxygen atoms in total. The van der Waals surface area contributed by atoms with Crippen LogP contribution in [0.1, 0.15) is 25.1 Å². The number of imidazole rings is 1. The molecule has 2 aromatic rings. The first-order chi connectivity index (χ1) is 9.24. The van der Waals surface area contributed by atoms with Gasteiger partial charge in [-0.1, -0.05) is 6.92 Å². The van der Waals surface area contributed by atoms with E-state index >= 15 is 0 Å². The topological polar surface area (TPSA) is 50.1 Å². The van der Waals surface area contributed by atoms with Gasteiger partial charge >= 0.3 is 0 Å². The number of hydrogen-bond acceptors (Lipinski definition) is 3. The predicted molar refractivity (Wildman–Crippen MR) is 72.4 cm³/mol. The molecule has 1 aromatic carbocycles. The molecule has 0 spiro atoms. The summed E-state index contributed by atoms with van der Waals surface area (Å²) in [6.07, 6.45) is 4.50. The lowest BCUT2D eigenvalue weighted by Crippen LogP contribution is -2.18. The number of hydrogen-bond donors (Lipinski definition) is 2. The van der Waals surface area contributed by atoms with Crippen LogP contribution in [0.15, 0.2) is 36.8 Å². The van der Waals surface area contributed by atoms with Gasteiger partial charge in [-0.2, -0.15) is 0 Å². The third kappa shape index (κ3) is 3.32. The van der Waals surface area contributed by atoms with E-state index in [1.165, 1.54) is 12.1 Å². The Morgan fingerprint density at radius 3 is 2.74 bits per heavy atom. The first kappa shape index (κ1) is 13.5. The molecule has 1 atom stereocenters. The van der Waals surface area contributed by atoms with Crippen molar-refractivity contribution in [2.75, 3.05) is 11.9 Å². The maximum absolute atomic E-state index is 12.9. The highest BCUT2D eigenvalue weighted by molar-refractivity contribution is 5.44. The number of rotatable bonds is 6. The molecule has 2 N–H and O–H groups in total. The quantitative estimate of drug-likeness (QED) is 0.842. The number of aryl methyl sites for hydroxylation is 1. The van der Waals surface area contributed by atoms with Gasteiger partial charge < -0.3 is 15.0 Å². The maximum atomic E-state index is 12.9. The van der Waals surface area contributed by atoms with Gasteiger partial charge in [0.25, 0.3) is 0 Å². The van der Waals surface area contributed by atoms with Crippen LogP contribution in [0.5, 0.6) is 0 Å². The van der Waals surface area contributed by atoms with Crippen LogP contribution in [0, 0.1) is 5.82 Å². The lowest BCUT2D eigenvalue weighted by atomic mass is 10.2. The van der Waals surface area contributed by atoms with Crippen LogP contribution in [0.2, 0.25) is 0 Å². The number of nitrogens with one attached hydrogen (secondary N) is 1. The van der Waals surface area contributed by atoms with Crippen LogP contribution in [0.4, 0.5) is 10.1 Å². The molecule has 5 heteroatoms. The van der Waals surface area contributed by atoms with Crippen molar-refractivity contribution >= 4 is 5.69 Å². The average Bonchev–Trinajstić information content (AvgIpc) is 2.87. The minimum absolute atomic E-state index is 0.0488. The first-order valence-electron chi connectivity index (χ1n) is 6.37. The van der Waals surface area contributed by atoms with Gasteiger partial charge in [-0.15, -0.1) is 0 Å². The maximum Gasteiger partial charge on any atom is 0.123 e. The fraction of sp³-hybridized carbons (Fsp3) is 0.357. The Hall–Kier alpha value is -1.88. The van der Waals surface area contributed by atoms with Crippen LogP contribution in [-0.4, -0.2) is 21.3 Å². The fourth-order valence-corrected chi connectivity index (χ4v) is 2.01. The standard InChI is InChI=1S/C14H18FN3O/c1-2-7-18-10-16-8-14(18)13(9-19)17-12-5-3-11(15)4-6-12/h3-6,8,10,13,17,19H,2,7,9H2,1H3. The Morgan fingerprint density at radius 2 is 2.11 bits per heavy atom. The molecule has 0 saturated heterocycles. The summed E-state index contributed by atoms with van der Waals surface area (Å²) < 4.78 is 14.9. The third-order valence-corrected chi connectivity index (χ3v) is 2.93. The van der Waals surface area contributed by atoms with E-state index in [9.17, 15) is 9.50 Å². The molecule has 0 fully saturated rings. The Kier molecular flexibility index (Phi) is 4.52. The number of aromatic nitrogens is 2. The second-order valence-electron chi connectivity index (χ2n) is 4.40. The molecule has 1 unspecified atom stereocenters. The van der Waals surface area contributed by atoms with Crippen LogP contribution in [0.25, 0.3) is 0 Å². The van der Waals surface area contributed by atoms with Crippen molar-refractivity contribution < 1.29 is 9.50 Å². The largest absolute Gasteiger partial charge is 0.394 e. The van der Waals surface area contributed by atoms with E-state index in [4.69, 9.17) is 0 Å². The van der Waals surface area contributed by atoms with Crippen molar-refractivity contribution in [1.29, 1.82) is 0 Å². The zero-order chi connectivity index (χ0) is 13.7. The molecule has 1 aromatic heterocycles. The number of halogens is 1. The zero-order valence-electron chi connectivity index (χ0n) is 10.9. The molecule has 0 aliphatic carbocycles. The Labute approximate surface area is 111 Å². The van der Waals surface area contributed by atoms with E-state index in [-0.39, 0.29) is 18.5 Å². The van der Waals surface area contributed by atoms with Crippen molar-refractivity contribution in [3.05, 3.63) is 48.3 Å². The van der Waals surface area contributed by atoms with Crippen LogP contribution >= 0.6 is 0 Å². The minimum atomic E-state index is -0.276. The Morgan fingerprint density at radius 1 is 1.37 bits per heavy atom. The van der Waals surface area contributed by atoms with E-state index in [0.717, 1.165) is 24.3 Å². The van der Waals surface area contributed by atoms with Gasteiger partial charge in [0.2, 0.25) is 0 Å². The molecule has 102 valence electrons. The number of aliphatic hydroxyl groups excluding tert-OH is 1. The number of nitrogens with zero attached hydrogens (tertiary/aromatic N) is 2. The van der Waals surface area contributed by atoms with Gasteiger partial charge in [0.05, 0.1) is 30.9 Å². The van der Waals surface area contributed by atoms with E-state index in [1.807, 2.05) is 4.57 Å². The van der Waals surface area contributed by atoms with Crippen molar-refractivity contribution in [3.8, 4) is 0 Å². The molecule has 0 amide bonds. The number of anilines is 1. The summed E-state index contributed by atoms with van der Waals surface area (Å²) in [5.74, 6) is -0.276. The summed E-state index contributed by atoms with van der Waals surface area (Å²) in [4.78, 5) is 4.12. The lowest BCUT2D eigenvalue weighted by molar-refractivity contribution is 0.271. The zero-order valence-corrected chi connectivity index (χ0v) is 10.9. The van der Waals surface area contributed by atoms with Gasteiger partial charge in [-0.05, 0) is 30.7 Å². The molecule has 2 rings (SSSR count). The second-order valence-corrected chi connectivity index (χ2v) is 4.40. The number of aliphatic hydroxyl groups is 1. The lowest BCUT2D eigenvalue weighted by Gasteiger charge is -2.19. The molecule has 0 bridgehead atoms. The highest BCUT2D eigenvalue weighted by Gasteiger charge is 2.14. The normalized spacial score (nSPS) is 12.4. The van der Waals surface area contributed by atoms with Gasteiger partial charge in [0.1, 0.15) is 5.82 Å². The predicted octanol–water partition coefficient (Wildman–Crippen LogP) is 2.58. The molecule has 0 radical (unpaired) electrons. The van der Waals surface area contributed by atoms with Crippen molar-refractivity contribution in [3.63, 3.8) is 0 Å². The van der Waals surface area contributed by atoms with Crippen LogP contribution < -0.4 is 5.32 Å². The van der Waals surface area contributed by atoms with Crippen molar-refractivity contribution in [1.82, 2.24) is 9.55 Å². The smallest absolute Gasteiger partial charge is 0.123 e. The average molecular weight is 263 g/mol.